The van der Waals surface area contributed by atoms with Gasteiger partial charge in [-0.3, -0.25) is 5.32 Å². The summed E-state index contributed by atoms with van der Waals surface area (Å²) >= 11 is 1.42. The van der Waals surface area contributed by atoms with E-state index in [0.717, 1.165) is 10.4 Å². The van der Waals surface area contributed by atoms with E-state index < -0.39 is 0 Å². The monoisotopic (exact) mass is 325 g/mol. The second-order valence-corrected chi connectivity index (χ2v) is 5.71. The second kappa shape index (κ2) is 6.93. The molecular weight excluding hydrogens is 310 g/mol. The van der Waals surface area contributed by atoms with E-state index in [2.05, 4.69) is 15.6 Å². The summed E-state index contributed by atoms with van der Waals surface area (Å²) in [4.78, 5) is 17.3. The van der Waals surface area contributed by atoms with Crippen molar-refractivity contribution in [2.75, 3.05) is 17.7 Å². The molecule has 3 aromatic rings. The zero-order valence-corrected chi connectivity index (χ0v) is 13.3. The molecule has 0 spiro atoms. The van der Waals surface area contributed by atoms with Crippen LogP contribution >= 0.6 is 11.3 Å². The Morgan fingerprint density at radius 3 is 2.57 bits per heavy atom. The van der Waals surface area contributed by atoms with Gasteiger partial charge in [0.25, 0.3) is 0 Å². The fourth-order valence-corrected chi connectivity index (χ4v) is 2.88. The molecule has 0 aliphatic heterocycles. The molecule has 0 aliphatic carbocycles. The van der Waals surface area contributed by atoms with Crippen molar-refractivity contribution in [3.05, 3.63) is 60.8 Å². The number of ether oxygens (including phenoxy) is 1. The Morgan fingerprint density at radius 2 is 1.78 bits per heavy atom. The van der Waals surface area contributed by atoms with Crippen molar-refractivity contribution in [2.45, 2.75) is 0 Å². The number of hydrogen-bond donors (Lipinski definition) is 2. The van der Waals surface area contributed by atoms with Gasteiger partial charge in [-0.2, -0.15) is 0 Å². The number of nitrogens with zero attached hydrogens (tertiary/aromatic N) is 1. The summed E-state index contributed by atoms with van der Waals surface area (Å²) in [6.07, 6.45) is 1.75. The van der Waals surface area contributed by atoms with Gasteiger partial charge in [0, 0.05) is 6.20 Å². The first-order valence-corrected chi connectivity index (χ1v) is 7.80. The number of nitrogens with one attached hydrogen (secondary N) is 2. The maximum Gasteiger partial charge on any atom is 0.325 e. The molecule has 23 heavy (non-hydrogen) atoms. The number of carbonyl (C=O) groups excluding carboxylic acids is 1. The predicted octanol–water partition coefficient (Wildman–Crippen LogP) is 4.46. The van der Waals surface area contributed by atoms with E-state index in [1.165, 1.54) is 11.3 Å². The Labute approximate surface area is 138 Å². The largest absolute Gasteiger partial charge is 0.495 e. The van der Waals surface area contributed by atoms with Crippen molar-refractivity contribution in [3.63, 3.8) is 0 Å². The third-order valence-electron chi connectivity index (χ3n) is 3.14. The van der Waals surface area contributed by atoms with Crippen LogP contribution < -0.4 is 15.4 Å². The lowest BCUT2D eigenvalue weighted by Crippen LogP contribution is -2.19. The van der Waals surface area contributed by atoms with Gasteiger partial charge in [0.15, 0.2) is 5.13 Å². The number of aromatic nitrogens is 1. The van der Waals surface area contributed by atoms with E-state index in [1.54, 1.807) is 25.4 Å². The molecule has 1 heterocycles. The minimum absolute atomic E-state index is 0.358. The Hall–Kier alpha value is -2.86. The summed E-state index contributed by atoms with van der Waals surface area (Å²) < 4.78 is 5.20. The Morgan fingerprint density at radius 1 is 1.04 bits per heavy atom. The van der Waals surface area contributed by atoms with Gasteiger partial charge in [0.05, 0.1) is 17.7 Å². The highest BCUT2D eigenvalue weighted by atomic mass is 32.1. The van der Waals surface area contributed by atoms with Gasteiger partial charge in [-0.05, 0) is 17.7 Å². The van der Waals surface area contributed by atoms with Crippen molar-refractivity contribution >= 4 is 28.2 Å². The lowest BCUT2D eigenvalue weighted by atomic mass is 10.2. The summed E-state index contributed by atoms with van der Waals surface area (Å²) in [6, 6.07) is 16.8. The zero-order valence-electron chi connectivity index (χ0n) is 12.4. The first kappa shape index (κ1) is 15.1. The van der Waals surface area contributed by atoms with Gasteiger partial charge in [0.2, 0.25) is 0 Å². The molecule has 2 N–H and O–H groups in total. The van der Waals surface area contributed by atoms with Crippen molar-refractivity contribution < 1.29 is 9.53 Å². The van der Waals surface area contributed by atoms with Crippen LogP contribution in [0.2, 0.25) is 0 Å². The molecule has 0 fully saturated rings. The van der Waals surface area contributed by atoms with E-state index in [4.69, 9.17) is 4.74 Å². The molecule has 6 heteroatoms. The number of anilines is 2. The number of rotatable bonds is 4. The van der Waals surface area contributed by atoms with Crippen LogP contribution in [0.1, 0.15) is 0 Å². The fourth-order valence-electron chi connectivity index (χ4n) is 2.07. The quantitative estimate of drug-likeness (QED) is 0.744. The lowest BCUT2D eigenvalue weighted by molar-refractivity contribution is 0.262. The molecule has 0 radical (unpaired) electrons. The molecule has 3 rings (SSSR count). The molecule has 0 atom stereocenters. The number of carbonyl (C=O) groups is 1. The number of amides is 2. The normalized spacial score (nSPS) is 10.1. The number of thiazole rings is 1. The second-order valence-electron chi connectivity index (χ2n) is 4.68. The Balaban J connectivity index is 1.68. The Bertz CT molecular complexity index is 802. The molecule has 0 unspecified atom stereocenters. The highest BCUT2D eigenvalue weighted by Gasteiger charge is 2.10. The van der Waals surface area contributed by atoms with Crippen LogP contribution in [0.5, 0.6) is 5.75 Å². The molecule has 116 valence electrons. The van der Waals surface area contributed by atoms with Gasteiger partial charge in [-0.25, -0.2) is 9.78 Å². The molecule has 2 aromatic carbocycles. The molecule has 1 aromatic heterocycles. The van der Waals surface area contributed by atoms with Crippen LogP contribution in [-0.2, 0) is 0 Å². The minimum Gasteiger partial charge on any atom is -0.495 e. The van der Waals surface area contributed by atoms with Crippen LogP contribution in [0.25, 0.3) is 10.4 Å². The number of urea groups is 1. The van der Waals surface area contributed by atoms with Gasteiger partial charge in [-0.1, -0.05) is 53.8 Å². The van der Waals surface area contributed by atoms with Gasteiger partial charge >= 0.3 is 6.03 Å². The van der Waals surface area contributed by atoms with E-state index in [9.17, 15) is 4.79 Å². The smallest absolute Gasteiger partial charge is 0.325 e. The van der Waals surface area contributed by atoms with Crippen LogP contribution in [0.15, 0.2) is 60.8 Å². The third kappa shape index (κ3) is 3.67. The highest BCUT2D eigenvalue weighted by Crippen LogP contribution is 2.29. The minimum atomic E-state index is -0.358. The van der Waals surface area contributed by atoms with E-state index in [0.29, 0.717) is 16.6 Å². The summed E-state index contributed by atoms with van der Waals surface area (Å²) in [5.41, 5.74) is 1.68. The summed E-state index contributed by atoms with van der Waals surface area (Å²) in [5, 5.41) is 6.02. The maximum absolute atomic E-state index is 12.1. The molecule has 0 aliphatic rings. The van der Waals surface area contributed by atoms with Crippen LogP contribution in [0.3, 0.4) is 0 Å². The average Bonchev–Trinajstić information content (AvgIpc) is 3.04. The van der Waals surface area contributed by atoms with E-state index in [-0.39, 0.29) is 6.03 Å². The third-order valence-corrected chi connectivity index (χ3v) is 4.10. The first-order chi connectivity index (χ1) is 11.3. The molecule has 0 bridgehead atoms. The molecule has 0 saturated heterocycles. The number of para-hydroxylation sites is 2. The summed E-state index contributed by atoms with van der Waals surface area (Å²) in [6.45, 7) is 0. The SMILES string of the molecule is COc1ccccc1NC(=O)Nc1ncc(-c2ccccc2)s1. The van der Waals surface area contributed by atoms with E-state index >= 15 is 0 Å². The van der Waals surface area contributed by atoms with Gasteiger partial charge < -0.3 is 10.1 Å². The zero-order chi connectivity index (χ0) is 16.1. The van der Waals surface area contributed by atoms with Crippen LogP contribution in [-0.4, -0.2) is 18.1 Å². The molecule has 2 amide bonds. The lowest BCUT2D eigenvalue weighted by Gasteiger charge is -2.09. The maximum atomic E-state index is 12.1. The number of benzene rings is 2. The number of hydrogen-bond acceptors (Lipinski definition) is 4. The summed E-state index contributed by atoms with van der Waals surface area (Å²) in [5.74, 6) is 0.603. The highest BCUT2D eigenvalue weighted by molar-refractivity contribution is 7.19. The van der Waals surface area contributed by atoms with Crippen molar-refractivity contribution in [1.29, 1.82) is 0 Å². The van der Waals surface area contributed by atoms with Crippen molar-refractivity contribution in [3.8, 4) is 16.2 Å². The Kier molecular flexibility index (Phi) is 4.54. The molecule has 0 saturated carbocycles. The van der Waals surface area contributed by atoms with Crippen LogP contribution in [0.4, 0.5) is 15.6 Å². The first-order valence-electron chi connectivity index (χ1n) is 6.98. The topological polar surface area (TPSA) is 63.2 Å². The number of methoxy groups -OCH3 is 1. The van der Waals surface area contributed by atoms with Gasteiger partial charge in [-0.15, -0.1) is 0 Å². The van der Waals surface area contributed by atoms with E-state index in [1.807, 2.05) is 42.5 Å². The summed E-state index contributed by atoms with van der Waals surface area (Å²) in [7, 11) is 1.56. The standard InChI is InChI=1S/C17H15N3O2S/c1-22-14-10-6-5-9-13(14)19-16(21)20-17-18-11-15(23-17)12-7-3-2-4-8-12/h2-11H,1H3,(H2,18,19,20,21). The molecule has 5 nitrogen and oxygen atoms in total. The van der Waals surface area contributed by atoms with Gasteiger partial charge in [0.1, 0.15) is 5.75 Å². The van der Waals surface area contributed by atoms with Crippen molar-refractivity contribution in [2.24, 2.45) is 0 Å². The molecular formula is C17H15N3O2S. The fraction of sp³-hybridized carbons (Fsp3) is 0.0588. The van der Waals surface area contributed by atoms with Crippen LogP contribution in [0, 0.1) is 0 Å². The predicted molar refractivity (Wildman–Crippen MR) is 93.2 cm³/mol. The van der Waals surface area contributed by atoms with Crippen molar-refractivity contribution in [1.82, 2.24) is 4.98 Å². The average molecular weight is 325 g/mol.